The standard InChI is InChI=1S/C29H39NO3/c1-5-27(2)17-14-22-21(19-27)12-13-24-28(22,3)15-9-16-29(24,4)26(33)30-23(25(31)32)18-20-10-7-6-8-11-20/h5-8,10-11,14,21,23-24H,1,9,12-13,15-19H2,2-4H3,(H,30,33)(H,31,32)/t21?,23-,24?,27-,28-,29+/m0/s1. The van der Waals surface area contributed by atoms with Crippen LogP contribution in [0.3, 0.4) is 0 Å². The van der Waals surface area contributed by atoms with Crippen LogP contribution in [-0.4, -0.2) is 23.0 Å². The number of hydrogen-bond donors (Lipinski definition) is 2. The van der Waals surface area contributed by atoms with Crippen molar-refractivity contribution < 1.29 is 14.7 Å². The molecule has 4 heteroatoms. The minimum Gasteiger partial charge on any atom is -0.480 e. The number of benzene rings is 1. The fraction of sp³-hybridized carbons (Fsp3) is 0.586. The lowest BCUT2D eigenvalue weighted by Crippen LogP contribution is -2.57. The summed E-state index contributed by atoms with van der Waals surface area (Å²) in [5.74, 6) is -0.261. The molecule has 0 heterocycles. The monoisotopic (exact) mass is 449 g/mol. The van der Waals surface area contributed by atoms with Gasteiger partial charge in [0, 0.05) is 6.42 Å². The third kappa shape index (κ3) is 4.29. The lowest BCUT2D eigenvalue weighted by atomic mass is 9.46. The summed E-state index contributed by atoms with van der Waals surface area (Å²) in [6.07, 6.45) is 12.1. The van der Waals surface area contributed by atoms with E-state index >= 15 is 0 Å². The highest BCUT2D eigenvalue weighted by atomic mass is 16.4. The third-order valence-corrected chi connectivity index (χ3v) is 9.23. The number of fused-ring (bicyclic) bond motifs is 3. The van der Waals surface area contributed by atoms with Crippen LogP contribution in [0.5, 0.6) is 0 Å². The van der Waals surface area contributed by atoms with E-state index in [1.165, 1.54) is 0 Å². The summed E-state index contributed by atoms with van der Waals surface area (Å²) in [4.78, 5) is 25.7. The van der Waals surface area contributed by atoms with E-state index in [2.05, 4.69) is 44.8 Å². The normalized spacial score (nSPS) is 36.5. The highest BCUT2D eigenvalue weighted by Gasteiger charge is 2.57. The van der Waals surface area contributed by atoms with Gasteiger partial charge in [-0.2, -0.15) is 0 Å². The van der Waals surface area contributed by atoms with Crippen molar-refractivity contribution in [3.05, 3.63) is 60.2 Å². The second-order valence-corrected chi connectivity index (χ2v) is 11.5. The molecule has 4 nitrogen and oxygen atoms in total. The Kier molecular flexibility index (Phi) is 6.32. The molecule has 3 aliphatic carbocycles. The molecule has 33 heavy (non-hydrogen) atoms. The van der Waals surface area contributed by atoms with Gasteiger partial charge in [-0.25, -0.2) is 4.79 Å². The van der Waals surface area contributed by atoms with Crippen LogP contribution in [0.2, 0.25) is 0 Å². The first-order chi connectivity index (χ1) is 15.6. The van der Waals surface area contributed by atoms with Gasteiger partial charge in [0.25, 0.3) is 0 Å². The van der Waals surface area contributed by atoms with Gasteiger partial charge in [0.2, 0.25) is 5.91 Å². The average molecular weight is 450 g/mol. The summed E-state index contributed by atoms with van der Waals surface area (Å²) in [6, 6.07) is 8.62. The fourth-order valence-corrected chi connectivity index (χ4v) is 7.26. The Hall–Kier alpha value is -2.36. The maximum atomic E-state index is 13.7. The number of carbonyl (C=O) groups excluding carboxylic acids is 1. The summed E-state index contributed by atoms with van der Waals surface area (Å²) in [5.41, 5.74) is 2.09. The molecule has 0 radical (unpaired) electrons. The predicted molar refractivity (Wildman–Crippen MR) is 132 cm³/mol. The molecule has 3 aliphatic rings. The smallest absolute Gasteiger partial charge is 0.326 e. The predicted octanol–water partition coefficient (Wildman–Crippen LogP) is 5.93. The average Bonchev–Trinajstić information content (AvgIpc) is 2.78. The molecule has 178 valence electrons. The van der Waals surface area contributed by atoms with Gasteiger partial charge in [-0.05, 0) is 66.8 Å². The first kappa shape index (κ1) is 23.8. The molecule has 0 bridgehead atoms. The van der Waals surface area contributed by atoms with Crippen LogP contribution in [-0.2, 0) is 16.0 Å². The zero-order valence-electron chi connectivity index (χ0n) is 20.4. The van der Waals surface area contributed by atoms with Crippen LogP contribution >= 0.6 is 0 Å². The zero-order chi connectivity index (χ0) is 23.9. The summed E-state index contributed by atoms with van der Waals surface area (Å²) in [5, 5.41) is 12.8. The van der Waals surface area contributed by atoms with Crippen LogP contribution in [0, 0.1) is 28.1 Å². The maximum absolute atomic E-state index is 13.7. The van der Waals surface area contributed by atoms with Crippen molar-refractivity contribution in [3.63, 3.8) is 0 Å². The maximum Gasteiger partial charge on any atom is 0.326 e. The Balaban J connectivity index is 1.57. The Morgan fingerprint density at radius 2 is 1.91 bits per heavy atom. The van der Waals surface area contributed by atoms with Crippen LogP contribution < -0.4 is 5.32 Å². The van der Waals surface area contributed by atoms with E-state index in [-0.39, 0.29) is 22.7 Å². The van der Waals surface area contributed by atoms with Crippen molar-refractivity contribution in [3.8, 4) is 0 Å². The number of nitrogens with one attached hydrogen (secondary N) is 1. The Bertz CT molecular complexity index is 953. The molecule has 6 atom stereocenters. The molecule has 0 saturated heterocycles. The number of amides is 1. The summed E-state index contributed by atoms with van der Waals surface area (Å²) in [7, 11) is 0. The first-order valence-electron chi connectivity index (χ1n) is 12.5. The lowest BCUT2D eigenvalue weighted by Gasteiger charge is -2.58. The molecule has 0 spiro atoms. The van der Waals surface area contributed by atoms with E-state index in [1.54, 1.807) is 5.57 Å². The van der Waals surface area contributed by atoms with E-state index in [1.807, 2.05) is 30.3 Å². The molecular formula is C29H39NO3. The van der Waals surface area contributed by atoms with Gasteiger partial charge < -0.3 is 10.4 Å². The van der Waals surface area contributed by atoms with E-state index in [0.29, 0.717) is 12.3 Å². The second-order valence-electron chi connectivity index (χ2n) is 11.5. The molecule has 1 amide bonds. The van der Waals surface area contributed by atoms with Gasteiger partial charge in [0.15, 0.2) is 0 Å². The SMILES string of the molecule is C=C[C@@]1(C)CC=C2C(CCC3[C@](C)(C(=O)N[C@@H](Cc4ccccc4)C(=O)O)CCC[C@@]23C)C1. The van der Waals surface area contributed by atoms with Gasteiger partial charge >= 0.3 is 5.97 Å². The minimum atomic E-state index is -0.975. The van der Waals surface area contributed by atoms with Gasteiger partial charge in [0.05, 0.1) is 5.41 Å². The summed E-state index contributed by atoms with van der Waals surface area (Å²) in [6.45, 7) is 10.8. The molecule has 2 saturated carbocycles. The van der Waals surface area contributed by atoms with Gasteiger partial charge in [-0.3, -0.25) is 4.79 Å². The number of allylic oxidation sites excluding steroid dienone is 3. The highest BCUT2D eigenvalue weighted by Crippen LogP contribution is 2.63. The van der Waals surface area contributed by atoms with Crippen molar-refractivity contribution in [2.45, 2.75) is 78.2 Å². The molecular weight excluding hydrogens is 410 g/mol. The van der Waals surface area contributed by atoms with Crippen molar-refractivity contribution in [2.75, 3.05) is 0 Å². The first-order valence-corrected chi connectivity index (χ1v) is 12.5. The molecule has 1 aromatic rings. The highest BCUT2D eigenvalue weighted by molar-refractivity contribution is 5.88. The number of carboxylic acids is 1. The number of hydrogen-bond acceptors (Lipinski definition) is 2. The van der Waals surface area contributed by atoms with Crippen LogP contribution in [0.1, 0.15) is 71.3 Å². The van der Waals surface area contributed by atoms with Crippen LogP contribution in [0.15, 0.2) is 54.6 Å². The topological polar surface area (TPSA) is 66.4 Å². The van der Waals surface area contributed by atoms with Crippen molar-refractivity contribution in [2.24, 2.45) is 28.1 Å². The number of rotatable bonds is 6. The largest absolute Gasteiger partial charge is 0.480 e. The number of aliphatic carboxylic acids is 1. The Morgan fingerprint density at radius 3 is 2.58 bits per heavy atom. The van der Waals surface area contributed by atoms with E-state index < -0.39 is 17.4 Å². The van der Waals surface area contributed by atoms with Gasteiger partial charge in [-0.1, -0.05) is 75.2 Å². The van der Waals surface area contributed by atoms with E-state index in [4.69, 9.17) is 0 Å². The molecule has 2 fully saturated rings. The molecule has 2 unspecified atom stereocenters. The van der Waals surface area contributed by atoms with Crippen molar-refractivity contribution >= 4 is 11.9 Å². The van der Waals surface area contributed by atoms with Crippen molar-refractivity contribution in [1.29, 1.82) is 0 Å². The quantitative estimate of drug-likeness (QED) is 0.529. The van der Waals surface area contributed by atoms with Crippen molar-refractivity contribution in [1.82, 2.24) is 5.32 Å². The fourth-order valence-electron chi connectivity index (χ4n) is 7.26. The van der Waals surface area contributed by atoms with Crippen LogP contribution in [0.25, 0.3) is 0 Å². The lowest BCUT2D eigenvalue weighted by molar-refractivity contribution is -0.148. The minimum absolute atomic E-state index is 0.00784. The second kappa shape index (κ2) is 8.77. The third-order valence-electron chi connectivity index (χ3n) is 9.23. The summed E-state index contributed by atoms with van der Waals surface area (Å²) < 4.78 is 0. The Morgan fingerprint density at radius 1 is 1.18 bits per heavy atom. The Labute approximate surface area is 198 Å². The molecule has 0 aromatic heterocycles. The van der Waals surface area contributed by atoms with E-state index in [9.17, 15) is 14.7 Å². The van der Waals surface area contributed by atoms with Crippen LogP contribution in [0.4, 0.5) is 0 Å². The number of carboxylic acid groups (broad SMARTS) is 1. The van der Waals surface area contributed by atoms with Gasteiger partial charge in [0.1, 0.15) is 6.04 Å². The summed E-state index contributed by atoms with van der Waals surface area (Å²) >= 11 is 0. The number of carbonyl (C=O) groups is 2. The zero-order valence-corrected chi connectivity index (χ0v) is 20.4. The van der Waals surface area contributed by atoms with Gasteiger partial charge in [-0.15, -0.1) is 6.58 Å². The molecule has 1 aromatic carbocycles. The molecule has 0 aliphatic heterocycles. The van der Waals surface area contributed by atoms with E-state index in [0.717, 1.165) is 50.5 Å². The molecule has 4 rings (SSSR count). The molecule has 2 N–H and O–H groups in total.